The van der Waals surface area contributed by atoms with Gasteiger partial charge in [-0.2, -0.15) is 20.4 Å². The highest BCUT2D eigenvalue weighted by Crippen LogP contribution is 2.20. The molecule has 0 saturated carbocycles. The quantitative estimate of drug-likeness (QED) is 0.840. The van der Waals surface area contributed by atoms with Gasteiger partial charge in [-0.25, -0.2) is 4.98 Å². The van der Waals surface area contributed by atoms with Crippen LogP contribution in [-0.4, -0.2) is 25.4 Å². The van der Waals surface area contributed by atoms with Crippen molar-refractivity contribution in [2.24, 2.45) is 0 Å². The maximum atomic E-state index is 5.66. The number of aromatic amines is 1. The molecular formula is C7H6BrClN6. The van der Waals surface area contributed by atoms with Crippen LogP contribution in [0.2, 0.25) is 5.28 Å². The molecule has 2 aromatic rings. The largest absolute Gasteiger partial charge is 0.363 e. The van der Waals surface area contributed by atoms with Crippen LogP contribution in [0.1, 0.15) is 5.69 Å². The summed E-state index contributed by atoms with van der Waals surface area (Å²) in [5.74, 6) is 0.623. The highest BCUT2D eigenvalue weighted by Gasteiger charge is 2.04. The molecule has 0 unspecified atom stereocenters. The summed E-state index contributed by atoms with van der Waals surface area (Å²) in [6.07, 6.45) is 3.21. The van der Waals surface area contributed by atoms with E-state index in [-0.39, 0.29) is 5.28 Å². The van der Waals surface area contributed by atoms with E-state index in [1.54, 1.807) is 12.4 Å². The van der Waals surface area contributed by atoms with Gasteiger partial charge in [-0.1, -0.05) is 0 Å². The van der Waals surface area contributed by atoms with E-state index in [0.717, 1.165) is 10.2 Å². The molecule has 0 aliphatic carbocycles. The van der Waals surface area contributed by atoms with Crippen LogP contribution in [0.3, 0.4) is 0 Å². The summed E-state index contributed by atoms with van der Waals surface area (Å²) in [6.45, 7) is 0.516. The first kappa shape index (κ1) is 10.3. The highest BCUT2D eigenvalue weighted by molar-refractivity contribution is 9.10. The molecule has 0 amide bonds. The minimum atomic E-state index is 0.195. The van der Waals surface area contributed by atoms with Gasteiger partial charge in [0.2, 0.25) is 5.28 Å². The fourth-order valence-corrected chi connectivity index (χ4v) is 1.42. The Bertz CT molecular complexity index is 445. The second-order valence-electron chi connectivity index (χ2n) is 2.65. The standard InChI is InChI=1S/C7H6BrClN6/c8-5-3-11-7(9)13-6(5)10-1-4-2-12-15-14-4/h2-3H,1H2,(H,10,11,13)(H,12,14,15). The first-order valence-corrected chi connectivity index (χ1v) is 5.19. The van der Waals surface area contributed by atoms with Crippen LogP contribution in [0.15, 0.2) is 16.9 Å². The van der Waals surface area contributed by atoms with Crippen LogP contribution in [0.5, 0.6) is 0 Å². The zero-order chi connectivity index (χ0) is 10.7. The normalized spacial score (nSPS) is 10.3. The summed E-state index contributed by atoms with van der Waals surface area (Å²) in [6, 6.07) is 0. The number of hydrogen-bond acceptors (Lipinski definition) is 5. The Morgan fingerprint density at radius 1 is 1.47 bits per heavy atom. The predicted octanol–water partition coefficient (Wildman–Crippen LogP) is 1.62. The number of H-pyrrole nitrogens is 1. The summed E-state index contributed by atoms with van der Waals surface area (Å²) in [7, 11) is 0. The SMILES string of the molecule is Clc1ncc(Br)c(NCc2cn[nH]n2)n1. The van der Waals surface area contributed by atoms with Gasteiger partial charge in [0.1, 0.15) is 11.5 Å². The van der Waals surface area contributed by atoms with E-state index >= 15 is 0 Å². The van der Waals surface area contributed by atoms with Crippen molar-refractivity contribution in [1.29, 1.82) is 0 Å². The lowest BCUT2D eigenvalue weighted by Gasteiger charge is -2.04. The third-order valence-electron chi connectivity index (χ3n) is 1.62. The molecule has 2 heterocycles. The molecule has 0 fully saturated rings. The van der Waals surface area contributed by atoms with Crippen molar-refractivity contribution in [3.8, 4) is 0 Å². The van der Waals surface area contributed by atoms with Gasteiger partial charge in [-0.3, -0.25) is 0 Å². The molecule has 78 valence electrons. The molecule has 0 atom stereocenters. The maximum absolute atomic E-state index is 5.66. The third-order valence-corrected chi connectivity index (χ3v) is 2.38. The summed E-state index contributed by atoms with van der Waals surface area (Å²) < 4.78 is 0.746. The molecule has 6 nitrogen and oxygen atoms in total. The minimum Gasteiger partial charge on any atom is -0.363 e. The molecule has 0 aliphatic rings. The number of rotatable bonds is 3. The van der Waals surface area contributed by atoms with E-state index in [1.165, 1.54) is 0 Å². The molecule has 0 radical (unpaired) electrons. The van der Waals surface area contributed by atoms with Crippen LogP contribution in [0.25, 0.3) is 0 Å². The van der Waals surface area contributed by atoms with E-state index in [0.29, 0.717) is 12.4 Å². The third kappa shape index (κ3) is 2.63. The lowest BCUT2D eigenvalue weighted by molar-refractivity contribution is 0.908. The zero-order valence-electron chi connectivity index (χ0n) is 7.41. The molecule has 0 aromatic carbocycles. The number of nitrogens with zero attached hydrogens (tertiary/aromatic N) is 4. The Kier molecular flexibility index (Phi) is 3.12. The first-order valence-electron chi connectivity index (χ1n) is 4.02. The van der Waals surface area contributed by atoms with Crippen LogP contribution in [0.4, 0.5) is 5.82 Å². The van der Waals surface area contributed by atoms with Gasteiger partial charge < -0.3 is 5.32 Å². The lowest BCUT2D eigenvalue weighted by atomic mass is 10.4. The molecule has 0 spiro atoms. The van der Waals surface area contributed by atoms with Crippen LogP contribution in [-0.2, 0) is 6.54 Å². The fourth-order valence-electron chi connectivity index (χ4n) is 0.954. The maximum Gasteiger partial charge on any atom is 0.224 e. The number of hydrogen-bond donors (Lipinski definition) is 2. The molecule has 8 heteroatoms. The van der Waals surface area contributed by atoms with Gasteiger partial charge in [0.15, 0.2) is 0 Å². The van der Waals surface area contributed by atoms with Gasteiger partial charge >= 0.3 is 0 Å². The summed E-state index contributed by atoms with van der Waals surface area (Å²) >= 11 is 8.96. The Balaban J connectivity index is 2.07. The van der Waals surface area contributed by atoms with E-state index < -0.39 is 0 Å². The molecule has 0 saturated heterocycles. The van der Waals surface area contributed by atoms with E-state index in [1.807, 2.05) is 0 Å². The minimum absolute atomic E-state index is 0.195. The van der Waals surface area contributed by atoms with Gasteiger partial charge in [-0.05, 0) is 27.5 Å². The van der Waals surface area contributed by atoms with Crippen molar-refractivity contribution in [1.82, 2.24) is 25.4 Å². The average molecular weight is 290 g/mol. The van der Waals surface area contributed by atoms with E-state index in [2.05, 4.69) is 46.6 Å². The van der Waals surface area contributed by atoms with Gasteiger partial charge in [0.25, 0.3) is 0 Å². The highest BCUT2D eigenvalue weighted by atomic mass is 79.9. The Morgan fingerprint density at radius 3 is 3.07 bits per heavy atom. The van der Waals surface area contributed by atoms with Crippen molar-refractivity contribution in [3.05, 3.63) is 27.8 Å². The molecular weight excluding hydrogens is 283 g/mol. The smallest absolute Gasteiger partial charge is 0.224 e. The second kappa shape index (κ2) is 4.54. The van der Waals surface area contributed by atoms with Crippen LogP contribution < -0.4 is 5.32 Å². The fraction of sp³-hybridized carbons (Fsp3) is 0.143. The number of aromatic nitrogens is 5. The Hall–Kier alpha value is -1.21. The molecule has 0 bridgehead atoms. The molecule has 0 aliphatic heterocycles. The summed E-state index contributed by atoms with van der Waals surface area (Å²) in [4.78, 5) is 7.83. The lowest BCUT2D eigenvalue weighted by Crippen LogP contribution is -2.03. The monoisotopic (exact) mass is 288 g/mol. The van der Waals surface area contributed by atoms with Crippen LogP contribution >= 0.6 is 27.5 Å². The predicted molar refractivity (Wildman–Crippen MR) is 58.5 cm³/mol. The number of nitrogens with one attached hydrogen (secondary N) is 2. The average Bonchev–Trinajstić information content (AvgIpc) is 2.72. The molecule has 2 N–H and O–H groups in total. The first-order chi connectivity index (χ1) is 7.25. The summed E-state index contributed by atoms with van der Waals surface area (Å²) in [5, 5.41) is 13.3. The molecule has 2 aromatic heterocycles. The van der Waals surface area contributed by atoms with E-state index in [4.69, 9.17) is 11.6 Å². The topological polar surface area (TPSA) is 79.4 Å². The van der Waals surface area contributed by atoms with Gasteiger partial charge in [-0.15, -0.1) is 0 Å². The zero-order valence-corrected chi connectivity index (χ0v) is 9.75. The van der Waals surface area contributed by atoms with E-state index in [9.17, 15) is 0 Å². The van der Waals surface area contributed by atoms with Gasteiger partial charge in [0, 0.05) is 6.20 Å². The van der Waals surface area contributed by atoms with Crippen molar-refractivity contribution in [3.63, 3.8) is 0 Å². The van der Waals surface area contributed by atoms with Gasteiger partial charge in [0.05, 0.1) is 17.2 Å². The molecule has 15 heavy (non-hydrogen) atoms. The van der Waals surface area contributed by atoms with Crippen molar-refractivity contribution >= 4 is 33.3 Å². The second-order valence-corrected chi connectivity index (χ2v) is 3.84. The summed E-state index contributed by atoms with van der Waals surface area (Å²) in [5.41, 5.74) is 0.789. The number of anilines is 1. The van der Waals surface area contributed by atoms with Crippen LogP contribution in [0, 0.1) is 0 Å². The van der Waals surface area contributed by atoms with Crippen molar-refractivity contribution in [2.45, 2.75) is 6.54 Å². The molecule has 2 rings (SSSR count). The van der Waals surface area contributed by atoms with Crippen molar-refractivity contribution < 1.29 is 0 Å². The van der Waals surface area contributed by atoms with Crippen molar-refractivity contribution in [2.75, 3.05) is 5.32 Å². The Labute approximate surface area is 98.6 Å². The number of halogens is 2. The Morgan fingerprint density at radius 2 is 2.33 bits per heavy atom.